The Bertz CT molecular complexity index is 1430. The van der Waals surface area contributed by atoms with Crippen LogP contribution in [-0.2, 0) is 10.0 Å². The number of piperidine rings is 2. The number of carbonyl (C=O) groups is 1. The van der Waals surface area contributed by atoms with Crippen molar-refractivity contribution in [3.63, 3.8) is 0 Å². The van der Waals surface area contributed by atoms with Gasteiger partial charge in [0.15, 0.2) is 11.6 Å². The number of amides is 1. The molecule has 0 atom stereocenters. The summed E-state index contributed by atoms with van der Waals surface area (Å²) in [4.78, 5) is 20.8. The van der Waals surface area contributed by atoms with Crippen LogP contribution in [0.15, 0.2) is 35.9 Å². The molecule has 1 aromatic heterocycles. The second-order valence-electron chi connectivity index (χ2n) is 9.98. The minimum Gasteiger partial charge on any atom is -0.395 e. The molecule has 1 amide bonds. The molecule has 3 N–H and O–H groups in total. The van der Waals surface area contributed by atoms with Gasteiger partial charge in [-0.2, -0.15) is 8.78 Å². The van der Waals surface area contributed by atoms with Crippen LogP contribution in [0.2, 0.25) is 0 Å². The van der Waals surface area contributed by atoms with Gasteiger partial charge in [-0.15, -0.1) is 0 Å². The highest BCUT2D eigenvalue weighted by atomic mass is 32.2. The first-order valence-corrected chi connectivity index (χ1v) is 14.6. The number of benzene rings is 1. The van der Waals surface area contributed by atoms with Crippen molar-refractivity contribution in [3.8, 4) is 0 Å². The monoisotopic (exact) mass is 603 g/mol. The molecule has 224 valence electrons. The van der Waals surface area contributed by atoms with Crippen molar-refractivity contribution in [2.75, 3.05) is 58.4 Å². The molecular weight excluding hydrogens is 573 g/mol. The van der Waals surface area contributed by atoms with E-state index in [0.717, 1.165) is 0 Å². The predicted molar refractivity (Wildman–Crippen MR) is 145 cm³/mol. The van der Waals surface area contributed by atoms with Gasteiger partial charge in [0.1, 0.15) is 5.82 Å². The van der Waals surface area contributed by atoms with E-state index in [0.29, 0.717) is 0 Å². The number of anilines is 4. The molecule has 2 aliphatic rings. The number of hydrogen-bond donors (Lipinski definition) is 3. The first kappa shape index (κ1) is 30.5. The van der Waals surface area contributed by atoms with Crippen LogP contribution < -0.4 is 19.8 Å². The summed E-state index contributed by atoms with van der Waals surface area (Å²) in [5.74, 6) is -5.15. The minimum atomic E-state index is -3.90. The topological polar surface area (TPSA) is 115 Å². The average molecular weight is 604 g/mol. The molecule has 4 rings (SSSR count). The number of aliphatic hydroxyl groups is 1. The molecule has 2 aliphatic heterocycles. The van der Waals surface area contributed by atoms with Crippen LogP contribution in [0.5, 0.6) is 0 Å². The SMILES string of the molecule is Cc1cc(N2CCC(F)(F)CC2)nc(NC(=O)c2ccc(NS(=O)(=O)CCO)cc2N2CCC(=C(F)F)CC2)c1F. The Labute approximate surface area is 234 Å². The van der Waals surface area contributed by atoms with Gasteiger partial charge in [-0.1, -0.05) is 0 Å². The van der Waals surface area contributed by atoms with E-state index < -0.39 is 51.9 Å². The number of rotatable bonds is 8. The standard InChI is InChI=1S/C26H30F5N5O4S/c1-16-14-21(36-10-6-26(30,31)7-11-36)32-24(22(16)27)33-25(38)19-3-2-18(34-41(39,40)13-12-37)15-20(19)35-8-4-17(5-9-35)23(28)29/h2-3,14-15,34,37H,4-13H2,1H3,(H,32,33,38). The number of halogens is 5. The number of aromatic nitrogens is 1. The fourth-order valence-corrected chi connectivity index (χ4v) is 5.56. The fraction of sp³-hybridized carbons (Fsp3) is 0.462. The Morgan fingerprint density at radius 2 is 1.73 bits per heavy atom. The van der Waals surface area contributed by atoms with Crippen molar-refractivity contribution < 1.29 is 40.3 Å². The second kappa shape index (κ2) is 12.2. The number of hydrogen-bond acceptors (Lipinski definition) is 7. The van der Waals surface area contributed by atoms with Crippen molar-refractivity contribution >= 4 is 38.9 Å². The fourth-order valence-electron chi connectivity index (χ4n) is 4.73. The Morgan fingerprint density at radius 1 is 1.07 bits per heavy atom. The van der Waals surface area contributed by atoms with Crippen molar-refractivity contribution in [1.29, 1.82) is 0 Å². The van der Waals surface area contributed by atoms with E-state index in [-0.39, 0.29) is 85.8 Å². The summed E-state index contributed by atoms with van der Waals surface area (Å²) in [6, 6.07) is 5.40. The van der Waals surface area contributed by atoms with Crippen molar-refractivity contribution in [3.05, 3.63) is 52.9 Å². The van der Waals surface area contributed by atoms with Gasteiger partial charge >= 0.3 is 0 Å². The van der Waals surface area contributed by atoms with Crippen LogP contribution in [0.1, 0.15) is 41.6 Å². The molecule has 3 heterocycles. The second-order valence-corrected chi connectivity index (χ2v) is 11.8. The van der Waals surface area contributed by atoms with Gasteiger partial charge in [0.25, 0.3) is 17.9 Å². The molecule has 0 aliphatic carbocycles. The molecule has 2 aromatic rings. The Hall–Kier alpha value is -3.46. The summed E-state index contributed by atoms with van der Waals surface area (Å²) >= 11 is 0. The molecule has 41 heavy (non-hydrogen) atoms. The van der Waals surface area contributed by atoms with Crippen LogP contribution in [0, 0.1) is 12.7 Å². The smallest absolute Gasteiger partial charge is 0.269 e. The third-order valence-corrected chi connectivity index (χ3v) is 8.29. The number of pyridine rings is 1. The first-order chi connectivity index (χ1) is 19.3. The molecule has 2 saturated heterocycles. The molecule has 9 nitrogen and oxygen atoms in total. The van der Waals surface area contributed by atoms with E-state index in [1.807, 2.05) is 0 Å². The number of alkyl halides is 2. The maximum absolute atomic E-state index is 15.0. The third-order valence-electron chi connectivity index (χ3n) is 7.03. The molecule has 1 aromatic carbocycles. The van der Waals surface area contributed by atoms with E-state index in [2.05, 4.69) is 15.0 Å². The molecule has 0 spiro atoms. The summed E-state index contributed by atoms with van der Waals surface area (Å²) < 4.78 is 95.2. The van der Waals surface area contributed by atoms with Gasteiger partial charge < -0.3 is 20.2 Å². The summed E-state index contributed by atoms with van der Waals surface area (Å²) in [5.41, 5.74) is 0.426. The highest BCUT2D eigenvalue weighted by molar-refractivity contribution is 7.92. The lowest BCUT2D eigenvalue weighted by atomic mass is 10.0. The number of aliphatic hydroxyl groups excluding tert-OH is 1. The van der Waals surface area contributed by atoms with Crippen molar-refractivity contribution in [2.45, 2.75) is 38.5 Å². The third kappa shape index (κ3) is 7.44. The molecule has 0 radical (unpaired) electrons. The predicted octanol–water partition coefficient (Wildman–Crippen LogP) is 4.50. The zero-order valence-electron chi connectivity index (χ0n) is 22.2. The van der Waals surface area contributed by atoms with E-state index in [4.69, 9.17) is 5.11 Å². The number of nitrogens with zero attached hydrogens (tertiary/aromatic N) is 3. The largest absolute Gasteiger partial charge is 0.395 e. The average Bonchev–Trinajstić information content (AvgIpc) is 2.90. The van der Waals surface area contributed by atoms with Crippen LogP contribution in [-0.4, -0.2) is 68.9 Å². The molecule has 15 heteroatoms. The Balaban J connectivity index is 1.64. The molecule has 0 saturated carbocycles. The lowest BCUT2D eigenvalue weighted by Gasteiger charge is -2.33. The number of nitrogens with one attached hydrogen (secondary N) is 2. The summed E-state index contributed by atoms with van der Waals surface area (Å²) in [5, 5.41) is 11.4. The normalized spacial score (nSPS) is 17.4. The van der Waals surface area contributed by atoms with Crippen LogP contribution in [0.4, 0.5) is 45.0 Å². The summed E-state index contributed by atoms with van der Waals surface area (Å²) in [6.07, 6.45) is -2.48. The lowest BCUT2D eigenvalue weighted by molar-refractivity contribution is -0.0221. The molecule has 2 fully saturated rings. The Kier molecular flexibility index (Phi) is 9.07. The maximum atomic E-state index is 15.0. The van der Waals surface area contributed by atoms with Crippen molar-refractivity contribution in [2.24, 2.45) is 0 Å². The van der Waals surface area contributed by atoms with Gasteiger partial charge in [0.2, 0.25) is 10.0 Å². The van der Waals surface area contributed by atoms with E-state index in [1.165, 1.54) is 31.2 Å². The van der Waals surface area contributed by atoms with Crippen LogP contribution in [0.3, 0.4) is 0 Å². The highest BCUT2D eigenvalue weighted by Gasteiger charge is 2.35. The number of sulfonamides is 1. The van der Waals surface area contributed by atoms with Crippen LogP contribution in [0.25, 0.3) is 0 Å². The number of aryl methyl sites for hydroxylation is 1. The number of carbonyl (C=O) groups excluding carboxylic acids is 1. The molecular formula is C26H30F5N5O4S. The van der Waals surface area contributed by atoms with Gasteiger partial charge in [-0.05, 0) is 55.2 Å². The minimum absolute atomic E-state index is 0.00112. The van der Waals surface area contributed by atoms with E-state index >= 15 is 4.39 Å². The van der Waals surface area contributed by atoms with Gasteiger partial charge in [-0.25, -0.2) is 26.6 Å². The zero-order valence-corrected chi connectivity index (χ0v) is 23.0. The zero-order chi connectivity index (χ0) is 29.9. The van der Waals surface area contributed by atoms with Crippen LogP contribution >= 0.6 is 0 Å². The molecule has 0 unspecified atom stereocenters. The lowest BCUT2D eigenvalue weighted by Crippen LogP contribution is -2.40. The summed E-state index contributed by atoms with van der Waals surface area (Å²) in [6.45, 7) is 1.06. The van der Waals surface area contributed by atoms with Crippen molar-refractivity contribution in [1.82, 2.24) is 4.98 Å². The first-order valence-electron chi connectivity index (χ1n) is 12.9. The Morgan fingerprint density at radius 3 is 2.34 bits per heavy atom. The van der Waals surface area contributed by atoms with Gasteiger partial charge in [0, 0.05) is 39.0 Å². The van der Waals surface area contributed by atoms with Gasteiger partial charge in [-0.3, -0.25) is 9.52 Å². The van der Waals surface area contributed by atoms with E-state index in [9.17, 15) is 30.8 Å². The van der Waals surface area contributed by atoms with E-state index in [1.54, 1.807) is 9.80 Å². The highest BCUT2D eigenvalue weighted by Crippen LogP contribution is 2.33. The summed E-state index contributed by atoms with van der Waals surface area (Å²) in [7, 11) is -3.90. The maximum Gasteiger partial charge on any atom is 0.269 e. The van der Waals surface area contributed by atoms with Gasteiger partial charge in [0.05, 0.1) is 29.3 Å². The quantitative estimate of drug-likeness (QED) is 0.381. The molecule has 0 bridgehead atoms.